The van der Waals surface area contributed by atoms with Gasteiger partial charge in [0.15, 0.2) is 0 Å². The predicted octanol–water partition coefficient (Wildman–Crippen LogP) is 4.19. The molecule has 1 aliphatic heterocycles. The molecule has 2 unspecified atom stereocenters. The van der Waals surface area contributed by atoms with E-state index in [4.69, 9.17) is 0 Å². The van der Waals surface area contributed by atoms with E-state index in [1.165, 1.54) is 49.0 Å². The summed E-state index contributed by atoms with van der Waals surface area (Å²) in [7, 11) is 2.10. The fraction of sp³-hybridized carbons (Fsp3) is 0.625. The Kier molecular flexibility index (Phi) is 5.58. The maximum atomic E-state index is 3.52. The van der Waals surface area contributed by atoms with Crippen molar-refractivity contribution < 1.29 is 0 Å². The first-order valence-corrected chi connectivity index (χ1v) is 8.27. The second-order valence-corrected chi connectivity index (χ2v) is 6.51. The van der Waals surface area contributed by atoms with Crippen LogP contribution in [0.5, 0.6) is 0 Å². The molecule has 2 atom stereocenters. The van der Waals surface area contributed by atoms with Gasteiger partial charge in [0.05, 0.1) is 0 Å². The molecular weight excluding hydrogens is 238 g/mol. The lowest BCUT2D eigenvalue weighted by molar-refractivity contribution is 0.516. The first kappa shape index (κ1) is 14.0. The van der Waals surface area contributed by atoms with Gasteiger partial charge in [-0.25, -0.2) is 0 Å². The molecule has 100 valence electrons. The first-order chi connectivity index (χ1) is 8.85. The van der Waals surface area contributed by atoms with Gasteiger partial charge in [-0.2, -0.15) is 11.8 Å². The van der Waals surface area contributed by atoms with Crippen LogP contribution in [0.3, 0.4) is 0 Å². The van der Waals surface area contributed by atoms with E-state index in [9.17, 15) is 0 Å². The van der Waals surface area contributed by atoms with Crippen LogP contribution in [0.2, 0.25) is 0 Å². The van der Waals surface area contributed by atoms with Crippen molar-refractivity contribution in [3.05, 3.63) is 35.4 Å². The van der Waals surface area contributed by atoms with Crippen LogP contribution in [-0.2, 0) is 6.42 Å². The van der Waals surface area contributed by atoms with E-state index in [-0.39, 0.29) is 0 Å². The van der Waals surface area contributed by atoms with Crippen LogP contribution in [0.25, 0.3) is 0 Å². The highest BCUT2D eigenvalue weighted by Gasteiger charge is 2.24. The predicted molar refractivity (Wildman–Crippen MR) is 82.3 cm³/mol. The Hall–Kier alpha value is -0.470. The SMILES string of the molecule is CCCc1ccc(C(NC)C2CCCCS2)cc1. The first-order valence-electron chi connectivity index (χ1n) is 7.23. The molecular formula is C16H25NS. The van der Waals surface area contributed by atoms with Gasteiger partial charge in [-0.1, -0.05) is 44.0 Å². The molecule has 1 aliphatic rings. The standard InChI is InChI=1S/C16H25NS/c1-3-6-13-8-10-14(11-9-13)16(17-2)15-7-4-5-12-18-15/h8-11,15-17H,3-7,12H2,1-2H3. The molecule has 2 heteroatoms. The third-order valence-electron chi connectivity index (χ3n) is 3.78. The Balaban J connectivity index is 2.06. The van der Waals surface area contributed by atoms with E-state index in [0.29, 0.717) is 6.04 Å². The third-order valence-corrected chi connectivity index (χ3v) is 5.24. The smallest absolute Gasteiger partial charge is 0.0438 e. The maximum Gasteiger partial charge on any atom is 0.0438 e. The fourth-order valence-corrected chi connectivity index (χ4v) is 4.27. The van der Waals surface area contributed by atoms with E-state index in [1.54, 1.807) is 0 Å². The van der Waals surface area contributed by atoms with Crippen molar-refractivity contribution in [2.45, 2.75) is 50.3 Å². The maximum absolute atomic E-state index is 3.52. The van der Waals surface area contributed by atoms with Crippen LogP contribution in [0.4, 0.5) is 0 Å². The van der Waals surface area contributed by atoms with E-state index in [0.717, 1.165) is 5.25 Å². The molecule has 0 bridgehead atoms. The lowest BCUT2D eigenvalue weighted by atomic mass is 9.98. The molecule has 1 nitrogen and oxygen atoms in total. The highest BCUT2D eigenvalue weighted by molar-refractivity contribution is 8.00. The number of nitrogens with one attached hydrogen (secondary N) is 1. The zero-order chi connectivity index (χ0) is 12.8. The van der Waals surface area contributed by atoms with Gasteiger partial charge in [0.25, 0.3) is 0 Å². The largest absolute Gasteiger partial charge is 0.312 e. The molecule has 1 N–H and O–H groups in total. The van der Waals surface area contributed by atoms with E-state index >= 15 is 0 Å². The van der Waals surface area contributed by atoms with Crippen LogP contribution in [0.15, 0.2) is 24.3 Å². The third kappa shape index (κ3) is 3.52. The molecule has 18 heavy (non-hydrogen) atoms. The minimum absolute atomic E-state index is 0.519. The van der Waals surface area contributed by atoms with Gasteiger partial charge in [-0.05, 0) is 43.2 Å². The molecule has 0 amide bonds. The fourth-order valence-electron chi connectivity index (χ4n) is 2.78. The zero-order valence-electron chi connectivity index (χ0n) is 11.6. The number of rotatable bonds is 5. The van der Waals surface area contributed by atoms with E-state index in [2.05, 4.69) is 55.3 Å². The number of benzene rings is 1. The van der Waals surface area contributed by atoms with Gasteiger partial charge in [0.1, 0.15) is 0 Å². The summed E-state index contributed by atoms with van der Waals surface area (Å²) in [6.07, 6.45) is 6.57. The summed E-state index contributed by atoms with van der Waals surface area (Å²) in [5, 5.41) is 4.27. The van der Waals surface area contributed by atoms with Gasteiger partial charge in [-0.3, -0.25) is 0 Å². The highest BCUT2D eigenvalue weighted by Crippen LogP contribution is 2.34. The van der Waals surface area contributed by atoms with Crippen LogP contribution in [0, 0.1) is 0 Å². The van der Waals surface area contributed by atoms with Crippen molar-refractivity contribution >= 4 is 11.8 Å². The van der Waals surface area contributed by atoms with Gasteiger partial charge in [0.2, 0.25) is 0 Å². The van der Waals surface area contributed by atoms with Crippen LogP contribution in [0.1, 0.15) is 49.8 Å². The summed E-state index contributed by atoms with van der Waals surface area (Å²) in [4.78, 5) is 0. The summed E-state index contributed by atoms with van der Waals surface area (Å²) in [5.74, 6) is 1.33. The van der Waals surface area contributed by atoms with Crippen molar-refractivity contribution in [3.8, 4) is 0 Å². The minimum atomic E-state index is 0.519. The summed E-state index contributed by atoms with van der Waals surface area (Å²) in [6, 6.07) is 9.77. The molecule has 0 saturated carbocycles. The number of aryl methyl sites for hydroxylation is 1. The zero-order valence-corrected chi connectivity index (χ0v) is 12.4. The Morgan fingerprint density at radius 1 is 1.28 bits per heavy atom. The molecule has 1 aromatic carbocycles. The average Bonchev–Trinajstić information content (AvgIpc) is 2.43. The van der Waals surface area contributed by atoms with Gasteiger partial charge in [0, 0.05) is 11.3 Å². The summed E-state index contributed by atoms with van der Waals surface area (Å²) >= 11 is 2.14. The quantitative estimate of drug-likeness (QED) is 0.855. The number of thioether (sulfide) groups is 1. The van der Waals surface area contributed by atoms with Gasteiger partial charge in [-0.15, -0.1) is 0 Å². The molecule has 1 fully saturated rings. The van der Waals surface area contributed by atoms with Crippen molar-refractivity contribution in [2.24, 2.45) is 0 Å². The molecule has 1 aromatic rings. The molecule has 0 aromatic heterocycles. The monoisotopic (exact) mass is 263 g/mol. The van der Waals surface area contributed by atoms with Crippen molar-refractivity contribution in [3.63, 3.8) is 0 Å². The molecule has 0 spiro atoms. The van der Waals surface area contributed by atoms with Crippen molar-refractivity contribution in [2.75, 3.05) is 12.8 Å². The number of hydrogen-bond acceptors (Lipinski definition) is 2. The minimum Gasteiger partial charge on any atom is -0.312 e. The van der Waals surface area contributed by atoms with Crippen LogP contribution < -0.4 is 5.32 Å². The summed E-state index contributed by atoms with van der Waals surface area (Å²) < 4.78 is 0. The lowest BCUT2D eigenvalue weighted by Gasteiger charge is -2.30. The highest BCUT2D eigenvalue weighted by atomic mass is 32.2. The van der Waals surface area contributed by atoms with Crippen molar-refractivity contribution in [1.82, 2.24) is 5.32 Å². The number of hydrogen-bond donors (Lipinski definition) is 1. The van der Waals surface area contributed by atoms with Crippen LogP contribution >= 0.6 is 11.8 Å². The lowest BCUT2D eigenvalue weighted by Crippen LogP contribution is -2.29. The molecule has 1 heterocycles. The second kappa shape index (κ2) is 7.20. The molecule has 2 rings (SSSR count). The second-order valence-electron chi connectivity index (χ2n) is 5.16. The Bertz CT molecular complexity index is 341. The van der Waals surface area contributed by atoms with Crippen LogP contribution in [-0.4, -0.2) is 18.1 Å². The summed E-state index contributed by atoms with van der Waals surface area (Å²) in [5.41, 5.74) is 2.92. The van der Waals surface area contributed by atoms with Gasteiger partial charge < -0.3 is 5.32 Å². The Morgan fingerprint density at radius 2 is 2.06 bits per heavy atom. The summed E-state index contributed by atoms with van der Waals surface area (Å²) in [6.45, 7) is 2.24. The average molecular weight is 263 g/mol. The Labute approximate surface area is 116 Å². The normalized spacial score (nSPS) is 21.8. The Morgan fingerprint density at radius 3 is 2.61 bits per heavy atom. The van der Waals surface area contributed by atoms with E-state index in [1.807, 2.05) is 0 Å². The van der Waals surface area contributed by atoms with Gasteiger partial charge >= 0.3 is 0 Å². The molecule has 0 radical (unpaired) electrons. The molecule has 1 saturated heterocycles. The van der Waals surface area contributed by atoms with E-state index < -0.39 is 0 Å². The molecule has 0 aliphatic carbocycles. The topological polar surface area (TPSA) is 12.0 Å². The van der Waals surface area contributed by atoms with Crippen molar-refractivity contribution in [1.29, 1.82) is 0 Å².